The fourth-order valence-corrected chi connectivity index (χ4v) is 2.56. The molecule has 1 aromatic heterocycles. The smallest absolute Gasteiger partial charge is 0.136 e. The van der Waals surface area contributed by atoms with Crippen LogP contribution in [0.4, 0.5) is 11.6 Å². The number of benzene rings is 1. The van der Waals surface area contributed by atoms with Gasteiger partial charge in [-0.2, -0.15) is 0 Å². The monoisotopic (exact) mass is 282 g/mol. The number of anilines is 2. The number of nitrogens with one attached hydrogen (secondary N) is 2. The summed E-state index contributed by atoms with van der Waals surface area (Å²) in [6, 6.07) is 10.6. The molecule has 3 rings (SSSR count). The molecule has 2 aromatic rings. The lowest BCUT2D eigenvalue weighted by Crippen LogP contribution is -2.11. The Hall–Kier alpha value is -2.10. The molecule has 1 unspecified atom stereocenters. The van der Waals surface area contributed by atoms with Gasteiger partial charge >= 0.3 is 0 Å². The Morgan fingerprint density at radius 1 is 1.14 bits per heavy atom. The van der Waals surface area contributed by atoms with Crippen LogP contribution in [0.5, 0.6) is 0 Å². The van der Waals surface area contributed by atoms with E-state index in [1.807, 2.05) is 13.1 Å². The Morgan fingerprint density at radius 2 is 1.86 bits per heavy atom. The van der Waals surface area contributed by atoms with Gasteiger partial charge in [0.2, 0.25) is 0 Å². The van der Waals surface area contributed by atoms with Crippen molar-refractivity contribution in [3.05, 3.63) is 47.3 Å². The molecule has 1 aliphatic rings. The minimum Gasteiger partial charge on any atom is -0.373 e. The van der Waals surface area contributed by atoms with Gasteiger partial charge in [-0.05, 0) is 37.8 Å². The van der Waals surface area contributed by atoms with Crippen LogP contribution in [-0.2, 0) is 0 Å². The molecule has 0 saturated heterocycles. The zero-order valence-electron chi connectivity index (χ0n) is 12.9. The molecule has 0 amide bonds. The maximum Gasteiger partial charge on any atom is 0.136 e. The number of rotatable bonds is 5. The van der Waals surface area contributed by atoms with Crippen LogP contribution in [0.25, 0.3) is 0 Å². The molecule has 1 aliphatic carbocycles. The van der Waals surface area contributed by atoms with Gasteiger partial charge in [-0.25, -0.2) is 9.97 Å². The molecule has 2 N–H and O–H groups in total. The van der Waals surface area contributed by atoms with Crippen molar-refractivity contribution in [2.45, 2.75) is 38.6 Å². The van der Waals surface area contributed by atoms with Crippen LogP contribution in [0.15, 0.2) is 30.3 Å². The summed E-state index contributed by atoms with van der Waals surface area (Å²) in [6.07, 6.45) is 2.42. The molecular weight excluding hydrogens is 260 g/mol. The van der Waals surface area contributed by atoms with Crippen LogP contribution in [0, 0.1) is 6.92 Å². The van der Waals surface area contributed by atoms with E-state index in [0.717, 1.165) is 17.5 Å². The molecule has 0 aliphatic heterocycles. The van der Waals surface area contributed by atoms with Crippen LogP contribution >= 0.6 is 0 Å². The lowest BCUT2D eigenvalue weighted by Gasteiger charge is -2.18. The van der Waals surface area contributed by atoms with Gasteiger partial charge < -0.3 is 10.6 Å². The third-order valence-electron chi connectivity index (χ3n) is 3.96. The van der Waals surface area contributed by atoms with Crippen molar-refractivity contribution in [3.8, 4) is 0 Å². The number of nitrogens with zero attached hydrogens (tertiary/aromatic N) is 2. The van der Waals surface area contributed by atoms with Crippen molar-refractivity contribution < 1.29 is 0 Å². The molecule has 1 fully saturated rings. The molecule has 4 nitrogen and oxygen atoms in total. The fraction of sp³-hybridized carbons (Fsp3) is 0.412. The summed E-state index contributed by atoms with van der Waals surface area (Å²) in [5, 5.41) is 6.63. The Bertz CT molecular complexity index is 634. The summed E-state index contributed by atoms with van der Waals surface area (Å²) in [6.45, 7) is 4.31. The number of aryl methyl sites for hydroxylation is 1. The van der Waals surface area contributed by atoms with Crippen LogP contribution in [0.2, 0.25) is 0 Å². The Kier molecular flexibility index (Phi) is 3.78. The fourth-order valence-electron chi connectivity index (χ4n) is 2.56. The first-order valence-corrected chi connectivity index (χ1v) is 7.56. The van der Waals surface area contributed by atoms with E-state index in [1.165, 1.54) is 24.0 Å². The third kappa shape index (κ3) is 3.15. The zero-order valence-corrected chi connectivity index (χ0v) is 12.9. The summed E-state index contributed by atoms with van der Waals surface area (Å²) >= 11 is 0. The van der Waals surface area contributed by atoms with Gasteiger partial charge in [-0.1, -0.05) is 24.3 Å². The topological polar surface area (TPSA) is 49.8 Å². The highest BCUT2D eigenvalue weighted by molar-refractivity contribution is 5.49. The highest BCUT2D eigenvalue weighted by Gasteiger charge is 2.27. The minimum atomic E-state index is 0.220. The average molecular weight is 282 g/mol. The molecular formula is C17H22N4. The van der Waals surface area contributed by atoms with Crippen LogP contribution in [-0.4, -0.2) is 17.0 Å². The van der Waals surface area contributed by atoms with Gasteiger partial charge in [0.1, 0.15) is 17.5 Å². The van der Waals surface area contributed by atoms with Crippen molar-refractivity contribution in [1.29, 1.82) is 0 Å². The maximum absolute atomic E-state index is 4.68. The van der Waals surface area contributed by atoms with E-state index in [4.69, 9.17) is 0 Å². The van der Waals surface area contributed by atoms with Crippen molar-refractivity contribution >= 4 is 11.6 Å². The highest BCUT2D eigenvalue weighted by Crippen LogP contribution is 2.39. The molecule has 0 radical (unpaired) electrons. The van der Waals surface area contributed by atoms with Gasteiger partial charge in [0.25, 0.3) is 0 Å². The van der Waals surface area contributed by atoms with E-state index in [2.05, 4.69) is 58.7 Å². The molecule has 110 valence electrons. The van der Waals surface area contributed by atoms with E-state index in [1.54, 1.807) is 0 Å². The van der Waals surface area contributed by atoms with Crippen molar-refractivity contribution in [1.82, 2.24) is 9.97 Å². The second-order valence-electron chi connectivity index (χ2n) is 5.74. The summed E-state index contributed by atoms with van der Waals surface area (Å²) in [4.78, 5) is 9.23. The van der Waals surface area contributed by atoms with Gasteiger partial charge in [0, 0.05) is 19.0 Å². The van der Waals surface area contributed by atoms with E-state index < -0.39 is 0 Å². The van der Waals surface area contributed by atoms with E-state index in [-0.39, 0.29) is 6.04 Å². The predicted octanol–water partition coefficient (Wildman–Crippen LogP) is 3.88. The molecule has 1 saturated carbocycles. The molecule has 0 bridgehead atoms. The molecule has 1 aromatic carbocycles. The van der Waals surface area contributed by atoms with E-state index in [9.17, 15) is 0 Å². The van der Waals surface area contributed by atoms with Gasteiger partial charge in [0.15, 0.2) is 0 Å². The highest BCUT2D eigenvalue weighted by atomic mass is 15.1. The van der Waals surface area contributed by atoms with Crippen LogP contribution in [0.1, 0.15) is 48.7 Å². The number of hydrogen-bond acceptors (Lipinski definition) is 4. The lowest BCUT2D eigenvalue weighted by molar-refractivity contribution is 0.848. The first-order chi connectivity index (χ1) is 10.2. The van der Waals surface area contributed by atoms with Crippen LogP contribution in [0.3, 0.4) is 0 Å². The van der Waals surface area contributed by atoms with Crippen molar-refractivity contribution in [3.63, 3.8) is 0 Å². The Balaban J connectivity index is 1.83. The predicted molar refractivity (Wildman–Crippen MR) is 86.8 cm³/mol. The normalized spacial score (nSPS) is 15.6. The van der Waals surface area contributed by atoms with Crippen molar-refractivity contribution in [2.75, 3.05) is 17.7 Å². The first-order valence-electron chi connectivity index (χ1n) is 7.56. The third-order valence-corrected chi connectivity index (χ3v) is 3.96. The molecule has 0 spiro atoms. The minimum absolute atomic E-state index is 0.220. The van der Waals surface area contributed by atoms with Gasteiger partial charge in [-0.3, -0.25) is 0 Å². The second kappa shape index (κ2) is 5.72. The van der Waals surface area contributed by atoms with Crippen LogP contribution < -0.4 is 10.6 Å². The molecule has 1 atom stereocenters. The van der Waals surface area contributed by atoms with Gasteiger partial charge in [-0.15, -0.1) is 0 Å². The molecule has 4 heteroatoms. The standard InChI is InChI=1S/C17H22N4/c1-11-6-4-5-7-14(11)12(2)19-16-10-15(18-3)20-17(21-16)13-8-9-13/h4-7,10,12-13H,8-9H2,1-3H3,(H2,18,19,20,21). The van der Waals surface area contributed by atoms with Crippen molar-refractivity contribution in [2.24, 2.45) is 0 Å². The maximum atomic E-state index is 4.68. The lowest BCUT2D eigenvalue weighted by atomic mass is 10.0. The first kappa shape index (κ1) is 13.9. The summed E-state index contributed by atoms with van der Waals surface area (Å²) < 4.78 is 0. The number of aromatic nitrogens is 2. The van der Waals surface area contributed by atoms with Gasteiger partial charge in [0.05, 0.1) is 6.04 Å². The SMILES string of the molecule is CNc1cc(NC(C)c2ccccc2C)nc(C2CC2)n1. The number of hydrogen-bond donors (Lipinski definition) is 2. The summed E-state index contributed by atoms with van der Waals surface area (Å²) in [5.74, 6) is 3.28. The molecule has 21 heavy (non-hydrogen) atoms. The Labute approximate surface area is 126 Å². The Morgan fingerprint density at radius 3 is 2.52 bits per heavy atom. The second-order valence-corrected chi connectivity index (χ2v) is 5.74. The zero-order chi connectivity index (χ0) is 14.8. The van der Waals surface area contributed by atoms with E-state index >= 15 is 0 Å². The largest absolute Gasteiger partial charge is 0.373 e. The summed E-state index contributed by atoms with van der Waals surface area (Å²) in [7, 11) is 1.90. The summed E-state index contributed by atoms with van der Waals surface area (Å²) in [5.41, 5.74) is 2.60. The average Bonchev–Trinajstić information content (AvgIpc) is 3.32. The molecule has 1 heterocycles. The quantitative estimate of drug-likeness (QED) is 0.874. The van der Waals surface area contributed by atoms with E-state index in [0.29, 0.717) is 5.92 Å².